The zero-order valence-corrected chi connectivity index (χ0v) is 19.8. The molecule has 0 radical (unpaired) electrons. The van der Waals surface area contributed by atoms with Crippen molar-refractivity contribution in [3.8, 4) is 11.6 Å². The van der Waals surface area contributed by atoms with E-state index in [0.717, 1.165) is 42.8 Å². The lowest BCUT2D eigenvalue weighted by molar-refractivity contribution is -0.111. The van der Waals surface area contributed by atoms with Gasteiger partial charge in [0, 0.05) is 50.0 Å². The molecule has 1 aliphatic heterocycles. The summed E-state index contributed by atoms with van der Waals surface area (Å²) in [6, 6.07) is 11.9. The third kappa shape index (κ3) is 4.71. The van der Waals surface area contributed by atoms with Crippen LogP contribution in [0.25, 0.3) is 16.7 Å². The van der Waals surface area contributed by atoms with Gasteiger partial charge in [0.2, 0.25) is 11.9 Å². The Morgan fingerprint density at radius 1 is 1.17 bits per heavy atom. The van der Waals surface area contributed by atoms with Crippen LogP contribution in [0.4, 0.5) is 27.4 Å². The molecule has 2 aromatic heterocycles. The van der Waals surface area contributed by atoms with Gasteiger partial charge < -0.3 is 30.2 Å². The van der Waals surface area contributed by atoms with Crippen LogP contribution in [0.3, 0.4) is 0 Å². The van der Waals surface area contributed by atoms with Crippen molar-refractivity contribution in [3.63, 3.8) is 0 Å². The number of nitrogens with one attached hydrogen (secondary N) is 3. The van der Waals surface area contributed by atoms with Gasteiger partial charge in [-0.05, 0) is 42.5 Å². The van der Waals surface area contributed by atoms with Gasteiger partial charge in [-0.15, -0.1) is 0 Å². The Morgan fingerprint density at radius 3 is 2.78 bits per heavy atom. The van der Waals surface area contributed by atoms with E-state index in [-0.39, 0.29) is 11.7 Å². The summed E-state index contributed by atoms with van der Waals surface area (Å²) >= 11 is 0. The van der Waals surface area contributed by atoms with Crippen molar-refractivity contribution < 1.29 is 13.9 Å². The lowest BCUT2D eigenvalue weighted by atomic mass is 10.1. The zero-order valence-electron chi connectivity index (χ0n) is 19.8. The van der Waals surface area contributed by atoms with Gasteiger partial charge in [0.25, 0.3) is 0 Å². The van der Waals surface area contributed by atoms with E-state index in [1.165, 1.54) is 18.2 Å². The first-order valence-electron chi connectivity index (χ1n) is 11.5. The highest BCUT2D eigenvalue weighted by Crippen LogP contribution is 2.38. The molecule has 0 atom stereocenters. The third-order valence-electron chi connectivity index (χ3n) is 6.01. The van der Waals surface area contributed by atoms with Gasteiger partial charge >= 0.3 is 0 Å². The molecule has 3 N–H and O–H groups in total. The smallest absolute Gasteiger partial charge is 0.247 e. The molecule has 1 amide bonds. The fourth-order valence-electron chi connectivity index (χ4n) is 4.26. The molecule has 36 heavy (non-hydrogen) atoms. The summed E-state index contributed by atoms with van der Waals surface area (Å²) in [5.74, 6) is 0.935. The highest BCUT2D eigenvalue weighted by Gasteiger charge is 2.19. The SMILES string of the molecule is C=CC(=O)Nc1cc(Nc2nccc(-n3ccc4cc(F)ccc43)n2)c(OC)cc1N1CCNCC1. The van der Waals surface area contributed by atoms with Crippen LogP contribution in [0.5, 0.6) is 5.75 Å². The Kier molecular flexibility index (Phi) is 6.50. The van der Waals surface area contributed by atoms with Crippen LogP contribution in [0.15, 0.2) is 67.5 Å². The minimum atomic E-state index is -0.309. The summed E-state index contributed by atoms with van der Waals surface area (Å²) in [6.45, 7) is 6.85. The highest BCUT2D eigenvalue weighted by molar-refractivity contribution is 6.02. The number of methoxy groups -OCH3 is 1. The van der Waals surface area contributed by atoms with Crippen LogP contribution < -0.4 is 25.6 Å². The van der Waals surface area contributed by atoms with E-state index in [9.17, 15) is 9.18 Å². The molecule has 2 aromatic carbocycles. The van der Waals surface area contributed by atoms with E-state index < -0.39 is 0 Å². The largest absolute Gasteiger partial charge is 0.494 e. The number of halogens is 1. The van der Waals surface area contributed by atoms with Crippen molar-refractivity contribution in [2.75, 3.05) is 48.8 Å². The molecule has 0 bridgehead atoms. The van der Waals surface area contributed by atoms with Gasteiger partial charge in [-0.2, -0.15) is 4.98 Å². The van der Waals surface area contributed by atoms with Crippen LogP contribution >= 0.6 is 0 Å². The molecule has 9 nitrogen and oxygen atoms in total. The van der Waals surface area contributed by atoms with Crippen LogP contribution in [0.2, 0.25) is 0 Å². The molecule has 0 spiro atoms. The molecule has 0 saturated carbocycles. The molecule has 1 saturated heterocycles. The summed E-state index contributed by atoms with van der Waals surface area (Å²) in [4.78, 5) is 23.4. The molecular weight excluding hydrogens is 461 g/mol. The molecule has 184 valence electrons. The van der Waals surface area contributed by atoms with Crippen LogP contribution in [0, 0.1) is 5.82 Å². The topological polar surface area (TPSA) is 96.3 Å². The van der Waals surface area contributed by atoms with Gasteiger partial charge in [-0.3, -0.25) is 4.79 Å². The molecular formula is C26H26FN7O2. The van der Waals surface area contributed by atoms with Gasteiger partial charge in [0.1, 0.15) is 17.4 Å². The van der Waals surface area contributed by atoms with E-state index in [4.69, 9.17) is 4.74 Å². The molecule has 4 aromatic rings. The van der Waals surface area contributed by atoms with Gasteiger partial charge in [-0.25, -0.2) is 9.37 Å². The van der Waals surface area contributed by atoms with Crippen molar-refractivity contribution in [2.24, 2.45) is 0 Å². The summed E-state index contributed by atoms with van der Waals surface area (Å²) in [5.41, 5.74) is 2.90. The maximum atomic E-state index is 13.6. The Labute approximate surface area is 207 Å². The Morgan fingerprint density at radius 2 is 2.00 bits per heavy atom. The predicted molar refractivity (Wildman–Crippen MR) is 139 cm³/mol. The highest BCUT2D eigenvalue weighted by atomic mass is 19.1. The Hall–Kier alpha value is -4.44. The second-order valence-electron chi connectivity index (χ2n) is 8.25. The average Bonchev–Trinajstić information content (AvgIpc) is 3.32. The van der Waals surface area contributed by atoms with E-state index in [0.29, 0.717) is 28.9 Å². The molecule has 0 aliphatic carbocycles. The Balaban J connectivity index is 1.50. The number of aromatic nitrogens is 3. The van der Waals surface area contributed by atoms with Crippen molar-refractivity contribution in [3.05, 3.63) is 73.3 Å². The molecule has 1 fully saturated rings. The zero-order chi connectivity index (χ0) is 25.1. The van der Waals surface area contributed by atoms with Crippen molar-refractivity contribution in [1.82, 2.24) is 19.9 Å². The van der Waals surface area contributed by atoms with Gasteiger partial charge in [0.05, 0.1) is 29.7 Å². The minimum Gasteiger partial charge on any atom is -0.494 e. The van der Waals surface area contributed by atoms with Crippen molar-refractivity contribution >= 4 is 39.8 Å². The molecule has 0 unspecified atom stereocenters. The summed E-state index contributed by atoms with van der Waals surface area (Å²) in [6.07, 6.45) is 4.71. The number of hydrogen-bond acceptors (Lipinski definition) is 7. The number of amides is 1. The van der Waals surface area contributed by atoms with Crippen molar-refractivity contribution in [1.29, 1.82) is 0 Å². The molecule has 3 heterocycles. The second-order valence-corrected chi connectivity index (χ2v) is 8.25. The number of ether oxygens (including phenoxy) is 1. The first-order valence-corrected chi connectivity index (χ1v) is 11.5. The monoisotopic (exact) mass is 487 g/mol. The number of carbonyl (C=O) groups is 1. The second kappa shape index (κ2) is 10.0. The summed E-state index contributed by atoms with van der Waals surface area (Å²) < 4.78 is 21.1. The maximum Gasteiger partial charge on any atom is 0.247 e. The normalized spacial score (nSPS) is 13.4. The lowest BCUT2D eigenvalue weighted by Gasteiger charge is -2.31. The van der Waals surface area contributed by atoms with Crippen LogP contribution in [-0.2, 0) is 4.79 Å². The standard InChI is InChI=1S/C26H26FN7O2/c1-3-25(35)30-19-15-20(23(36-2)16-22(19)33-12-9-28-10-13-33)31-26-29-8-6-24(32-26)34-11-7-17-14-18(27)4-5-21(17)34/h3-8,11,14-16,28H,1,9-10,12-13H2,2H3,(H,30,35)(H,29,31,32). The Bertz CT molecular complexity index is 1430. The van der Waals surface area contributed by atoms with Gasteiger partial charge in [0.15, 0.2) is 0 Å². The summed E-state index contributed by atoms with van der Waals surface area (Å²) in [7, 11) is 1.59. The maximum absolute atomic E-state index is 13.6. The number of benzene rings is 2. The fourth-order valence-corrected chi connectivity index (χ4v) is 4.26. The number of nitrogens with zero attached hydrogens (tertiary/aromatic N) is 4. The fraction of sp³-hybridized carbons (Fsp3) is 0.192. The number of hydrogen-bond donors (Lipinski definition) is 3. The quantitative estimate of drug-likeness (QED) is 0.341. The van der Waals surface area contributed by atoms with E-state index in [2.05, 4.69) is 37.4 Å². The number of fused-ring (bicyclic) bond motifs is 1. The number of piperazine rings is 1. The minimum absolute atomic E-state index is 0.291. The van der Waals surface area contributed by atoms with E-state index >= 15 is 0 Å². The van der Waals surface area contributed by atoms with E-state index in [1.54, 1.807) is 25.4 Å². The lowest BCUT2D eigenvalue weighted by Crippen LogP contribution is -2.43. The van der Waals surface area contributed by atoms with Crippen LogP contribution in [0.1, 0.15) is 0 Å². The molecule has 5 rings (SSSR count). The van der Waals surface area contributed by atoms with E-state index in [1.807, 2.05) is 29.0 Å². The predicted octanol–water partition coefficient (Wildman–Crippen LogP) is 3.85. The molecule has 10 heteroatoms. The molecule has 1 aliphatic rings. The average molecular weight is 488 g/mol. The van der Waals surface area contributed by atoms with Crippen molar-refractivity contribution in [2.45, 2.75) is 0 Å². The van der Waals surface area contributed by atoms with Crippen LogP contribution in [-0.4, -0.2) is 53.7 Å². The first-order chi connectivity index (χ1) is 17.6. The van der Waals surface area contributed by atoms with Gasteiger partial charge in [-0.1, -0.05) is 6.58 Å². The third-order valence-corrected chi connectivity index (χ3v) is 6.01. The number of rotatable bonds is 7. The number of anilines is 4. The first kappa shape index (κ1) is 23.3. The summed E-state index contributed by atoms with van der Waals surface area (Å²) in [5, 5.41) is 10.2. The number of carbonyl (C=O) groups excluding carboxylic acids is 1.